The van der Waals surface area contributed by atoms with Crippen molar-refractivity contribution in [2.24, 2.45) is 0 Å². The first kappa shape index (κ1) is 18.4. The number of amides is 2. The van der Waals surface area contributed by atoms with Gasteiger partial charge in [0.2, 0.25) is 0 Å². The SMILES string of the molecule is CCOC(=O)C1=C(CNc2ccc(F)cc2)NC(=O)N[C@@H]1c1ccccc1. The molecule has 140 valence electrons. The van der Waals surface area contributed by atoms with Gasteiger partial charge in [0.15, 0.2) is 0 Å². The molecule has 0 saturated carbocycles. The molecule has 2 aromatic carbocycles. The number of carbonyl (C=O) groups is 2. The summed E-state index contributed by atoms with van der Waals surface area (Å²) in [6.07, 6.45) is 0. The molecule has 1 aliphatic heterocycles. The maximum atomic E-state index is 13.1. The Bertz CT molecular complexity index is 851. The molecule has 2 aromatic rings. The van der Waals surface area contributed by atoms with Crippen molar-refractivity contribution in [3.05, 3.63) is 77.2 Å². The second kappa shape index (κ2) is 8.35. The molecule has 1 aliphatic rings. The van der Waals surface area contributed by atoms with Crippen molar-refractivity contribution in [3.8, 4) is 0 Å². The predicted octanol–water partition coefficient (Wildman–Crippen LogP) is 3.11. The summed E-state index contributed by atoms with van der Waals surface area (Å²) < 4.78 is 18.3. The maximum absolute atomic E-state index is 13.1. The average molecular weight is 369 g/mol. The zero-order valence-corrected chi connectivity index (χ0v) is 14.8. The number of carbonyl (C=O) groups excluding carboxylic acids is 2. The van der Waals surface area contributed by atoms with Gasteiger partial charge in [0.25, 0.3) is 0 Å². The largest absolute Gasteiger partial charge is 0.463 e. The van der Waals surface area contributed by atoms with E-state index in [9.17, 15) is 14.0 Å². The highest BCUT2D eigenvalue weighted by Crippen LogP contribution is 2.27. The number of hydrogen-bond acceptors (Lipinski definition) is 4. The van der Waals surface area contributed by atoms with E-state index in [1.165, 1.54) is 12.1 Å². The Morgan fingerprint density at radius 3 is 2.52 bits per heavy atom. The normalized spacial score (nSPS) is 16.4. The van der Waals surface area contributed by atoms with Crippen molar-refractivity contribution in [2.75, 3.05) is 18.5 Å². The van der Waals surface area contributed by atoms with E-state index in [0.717, 1.165) is 5.56 Å². The van der Waals surface area contributed by atoms with Crippen molar-refractivity contribution >= 4 is 17.7 Å². The first-order valence-electron chi connectivity index (χ1n) is 8.60. The molecule has 3 rings (SSSR count). The Balaban J connectivity index is 1.93. The number of hydrogen-bond donors (Lipinski definition) is 3. The zero-order valence-electron chi connectivity index (χ0n) is 14.8. The van der Waals surface area contributed by atoms with E-state index in [-0.39, 0.29) is 19.0 Å². The van der Waals surface area contributed by atoms with Crippen molar-refractivity contribution in [1.29, 1.82) is 0 Å². The van der Waals surface area contributed by atoms with E-state index >= 15 is 0 Å². The van der Waals surface area contributed by atoms with Gasteiger partial charge in [-0.2, -0.15) is 0 Å². The quantitative estimate of drug-likeness (QED) is 0.684. The lowest BCUT2D eigenvalue weighted by atomic mass is 9.95. The van der Waals surface area contributed by atoms with Crippen molar-refractivity contribution < 1.29 is 18.7 Å². The fourth-order valence-corrected chi connectivity index (χ4v) is 2.86. The molecule has 0 bridgehead atoms. The lowest BCUT2D eigenvalue weighted by Crippen LogP contribution is -2.47. The molecule has 0 radical (unpaired) electrons. The van der Waals surface area contributed by atoms with Crippen LogP contribution in [0.1, 0.15) is 18.5 Å². The minimum absolute atomic E-state index is 0.177. The average Bonchev–Trinajstić information content (AvgIpc) is 2.68. The van der Waals surface area contributed by atoms with Crippen LogP contribution in [0.4, 0.5) is 14.9 Å². The second-order valence-electron chi connectivity index (χ2n) is 5.92. The van der Waals surface area contributed by atoms with E-state index in [1.54, 1.807) is 19.1 Å². The third-order valence-corrected chi connectivity index (χ3v) is 4.10. The third kappa shape index (κ3) is 4.44. The Hall–Kier alpha value is -3.35. The molecule has 3 N–H and O–H groups in total. The molecule has 1 heterocycles. The van der Waals surface area contributed by atoms with Crippen molar-refractivity contribution in [3.63, 3.8) is 0 Å². The van der Waals surface area contributed by atoms with E-state index in [2.05, 4.69) is 16.0 Å². The summed E-state index contributed by atoms with van der Waals surface area (Å²) in [5.74, 6) is -0.846. The van der Waals surface area contributed by atoms with Crippen LogP contribution in [0.15, 0.2) is 65.9 Å². The Kier molecular flexibility index (Phi) is 5.71. The van der Waals surface area contributed by atoms with E-state index < -0.39 is 18.0 Å². The van der Waals surface area contributed by atoms with Crippen LogP contribution in [0.25, 0.3) is 0 Å². The van der Waals surface area contributed by atoms with Crippen molar-refractivity contribution in [1.82, 2.24) is 10.6 Å². The molecule has 0 aliphatic carbocycles. The summed E-state index contributed by atoms with van der Waals surface area (Å²) in [4.78, 5) is 24.8. The lowest BCUT2D eigenvalue weighted by Gasteiger charge is -2.29. The minimum Gasteiger partial charge on any atom is -0.463 e. The zero-order chi connectivity index (χ0) is 19.2. The molecular weight excluding hydrogens is 349 g/mol. The van der Waals surface area contributed by atoms with Gasteiger partial charge in [-0.15, -0.1) is 0 Å². The van der Waals surface area contributed by atoms with Crippen LogP contribution in [0.5, 0.6) is 0 Å². The van der Waals surface area contributed by atoms with E-state index in [4.69, 9.17) is 4.74 Å². The first-order chi connectivity index (χ1) is 13.1. The van der Waals surface area contributed by atoms with Crippen LogP contribution in [0, 0.1) is 5.82 Å². The molecule has 27 heavy (non-hydrogen) atoms. The highest BCUT2D eigenvalue weighted by molar-refractivity contribution is 5.95. The Morgan fingerprint density at radius 1 is 1.15 bits per heavy atom. The van der Waals surface area contributed by atoms with Crippen LogP contribution >= 0.6 is 0 Å². The number of urea groups is 1. The molecule has 2 amide bonds. The summed E-state index contributed by atoms with van der Waals surface area (Å²) in [5, 5.41) is 8.54. The summed E-state index contributed by atoms with van der Waals surface area (Å²) in [7, 11) is 0. The molecule has 6 nitrogen and oxygen atoms in total. The van der Waals surface area contributed by atoms with Crippen LogP contribution < -0.4 is 16.0 Å². The summed E-state index contributed by atoms with van der Waals surface area (Å²) in [6.45, 7) is 2.12. The number of nitrogens with one attached hydrogen (secondary N) is 3. The van der Waals surface area contributed by atoms with Gasteiger partial charge < -0.3 is 20.7 Å². The lowest BCUT2D eigenvalue weighted by molar-refractivity contribution is -0.139. The topological polar surface area (TPSA) is 79.5 Å². The van der Waals surface area contributed by atoms with E-state index in [1.807, 2.05) is 30.3 Å². The van der Waals surface area contributed by atoms with Gasteiger partial charge in [0, 0.05) is 5.69 Å². The molecule has 0 fully saturated rings. The minimum atomic E-state index is -0.621. The van der Waals surface area contributed by atoms with Crippen LogP contribution in [-0.4, -0.2) is 25.2 Å². The number of halogens is 1. The van der Waals surface area contributed by atoms with Gasteiger partial charge in [-0.05, 0) is 36.8 Å². The molecule has 0 aromatic heterocycles. The summed E-state index contributed by atoms with van der Waals surface area (Å²) in [5.41, 5.74) is 2.18. The molecule has 0 saturated heterocycles. The number of rotatable bonds is 6. The number of benzene rings is 2. The molecule has 1 atom stereocenters. The second-order valence-corrected chi connectivity index (χ2v) is 5.92. The molecule has 0 spiro atoms. The van der Waals surface area contributed by atoms with Crippen LogP contribution in [0.2, 0.25) is 0 Å². The summed E-state index contributed by atoms with van der Waals surface area (Å²) in [6, 6.07) is 14.0. The number of anilines is 1. The standard InChI is InChI=1S/C20H20FN3O3/c1-2-27-19(25)17-16(12-22-15-10-8-14(21)9-11-15)23-20(26)24-18(17)13-6-4-3-5-7-13/h3-11,18,22H,2,12H2,1H3,(H2,23,24,26)/t18-/m1/s1. The smallest absolute Gasteiger partial charge is 0.338 e. The van der Waals surface area contributed by atoms with Crippen LogP contribution in [0.3, 0.4) is 0 Å². The fourth-order valence-electron chi connectivity index (χ4n) is 2.86. The van der Waals surface area contributed by atoms with Gasteiger partial charge in [0.05, 0.1) is 30.5 Å². The monoisotopic (exact) mass is 369 g/mol. The number of esters is 1. The van der Waals surface area contributed by atoms with Crippen molar-refractivity contribution in [2.45, 2.75) is 13.0 Å². The molecule has 7 heteroatoms. The summed E-state index contributed by atoms with van der Waals surface area (Å²) >= 11 is 0. The highest BCUT2D eigenvalue weighted by Gasteiger charge is 2.33. The van der Waals surface area contributed by atoms with Gasteiger partial charge in [-0.25, -0.2) is 14.0 Å². The predicted molar refractivity (Wildman–Crippen MR) is 99.4 cm³/mol. The van der Waals surface area contributed by atoms with Crippen LogP contribution in [-0.2, 0) is 9.53 Å². The molecular formula is C20H20FN3O3. The van der Waals surface area contributed by atoms with Gasteiger partial charge >= 0.3 is 12.0 Å². The Labute approximate surface area is 156 Å². The van der Waals surface area contributed by atoms with Gasteiger partial charge in [-0.3, -0.25) is 0 Å². The Morgan fingerprint density at radius 2 is 1.85 bits per heavy atom. The van der Waals surface area contributed by atoms with E-state index in [0.29, 0.717) is 17.0 Å². The maximum Gasteiger partial charge on any atom is 0.338 e. The van der Waals surface area contributed by atoms with Gasteiger partial charge in [0.1, 0.15) is 5.82 Å². The first-order valence-corrected chi connectivity index (χ1v) is 8.60. The highest BCUT2D eigenvalue weighted by atomic mass is 19.1. The number of ether oxygens (including phenoxy) is 1. The fraction of sp³-hybridized carbons (Fsp3) is 0.200. The third-order valence-electron chi connectivity index (χ3n) is 4.10. The van der Waals surface area contributed by atoms with Gasteiger partial charge in [-0.1, -0.05) is 30.3 Å². The molecule has 0 unspecified atom stereocenters.